The molecule has 3 nitrogen and oxygen atoms in total. The van der Waals surface area contributed by atoms with Gasteiger partial charge in [-0.1, -0.05) is 6.08 Å². The molecule has 1 saturated carbocycles. The van der Waals surface area contributed by atoms with Gasteiger partial charge >= 0.3 is 5.97 Å². The number of esters is 1. The maximum absolute atomic E-state index is 10.7. The van der Waals surface area contributed by atoms with E-state index in [1.165, 1.54) is 18.9 Å². The first-order valence-electron chi connectivity index (χ1n) is 3.55. The summed E-state index contributed by atoms with van der Waals surface area (Å²) in [5.74, 6) is 0.156. The van der Waals surface area contributed by atoms with Crippen molar-refractivity contribution in [1.29, 1.82) is 5.26 Å². The first kappa shape index (κ1) is 7.80. The molecule has 58 valence electrons. The van der Waals surface area contributed by atoms with Crippen LogP contribution in [-0.4, -0.2) is 12.6 Å². The van der Waals surface area contributed by atoms with Gasteiger partial charge in [-0.2, -0.15) is 5.26 Å². The summed E-state index contributed by atoms with van der Waals surface area (Å²) in [6, 6.07) is 1.72. The van der Waals surface area contributed by atoms with Crippen molar-refractivity contribution in [3.8, 4) is 6.07 Å². The van der Waals surface area contributed by atoms with E-state index in [1.54, 1.807) is 6.07 Å². The Labute approximate surface area is 65.3 Å². The average Bonchev–Trinajstić information content (AvgIpc) is 2.80. The highest BCUT2D eigenvalue weighted by atomic mass is 16.5. The number of allylic oxidation sites excluding steroid dienone is 1. The third-order valence-corrected chi connectivity index (χ3v) is 1.41. The van der Waals surface area contributed by atoms with Crippen LogP contribution in [0, 0.1) is 17.2 Å². The van der Waals surface area contributed by atoms with Crippen LogP contribution in [0.3, 0.4) is 0 Å². The second-order valence-electron chi connectivity index (χ2n) is 2.46. The number of carbonyl (C=O) groups excluding carboxylic acids is 1. The number of nitriles is 1. The summed E-state index contributed by atoms with van der Waals surface area (Å²) in [5, 5.41) is 8.05. The largest absolute Gasteiger partial charge is 0.447 e. The molecule has 0 radical (unpaired) electrons. The fraction of sp³-hybridized carbons (Fsp3) is 0.500. The van der Waals surface area contributed by atoms with Crippen molar-refractivity contribution in [1.82, 2.24) is 0 Å². The molecule has 0 atom stereocenters. The molecule has 0 N–H and O–H groups in total. The molecular formula is C8H9NO2. The zero-order chi connectivity index (χ0) is 8.10. The van der Waals surface area contributed by atoms with E-state index in [4.69, 9.17) is 5.26 Å². The molecule has 0 bridgehead atoms. The van der Waals surface area contributed by atoms with Crippen LogP contribution in [0.4, 0.5) is 0 Å². The third-order valence-electron chi connectivity index (χ3n) is 1.41. The summed E-state index contributed by atoms with van der Waals surface area (Å²) >= 11 is 0. The van der Waals surface area contributed by atoms with E-state index < -0.39 is 5.97 Å². The lowest BCUT2D eigenvalue weighted by Crippen LogP contribution is -1.99. The van der Waals surface area contributed by atoms with Crippen LogP contribution in [0.1, 0.15) is 12.8 Å². The summed E-state index contributed by atoms with van der Waals surface area (Å²) in [5.41, 5.74) is 0. The summed E-state index contributed by atoms with van der Waals surface area (Å²) < 4.78 is 4.48. The van der Waals surface area contributed by atoms with Crippen LogP contribution in [0.2, 0.25) is 0 Å². The third kappa shape index (κ3) is 3.41. The Kier molecular flexibility index (Phi) is 2.67. The van der Waals surface area contributed by atoms with Crippen LogP contribution >= 0.6 is 0 Å². The predicted octanol–water partition coefficient (Wildman–Crippen LogP) is 1.02. The van der Waals surface area contributed by atoms with Gasteiger partial charge in [0.1, 0.15) is 6.07 Å². The minimum Gasteiger partial charge on any atom is -0.447 e. The van der Waals surface area contributed by atoms with Gasteiger partial charge in [0.25, 0.3) is 0 Å². The smallest absolute Gasteiger partial charge is 0.331 e. The second kappa shape index (κ2) is 3.77. The van der Waals surface area contributed by atoms with Crippen molar-refractivity contribution in [3.63, 3.8) is 0 Å². The summed E-state index contributed by atoms with van der Waals surface area (Å²) in [4.78, 5) is 10.7. The normalized spacial score (nSPS) is 16.3. The van der Waals surface area contributed by atoms with Gasteiger partial charge in [0.2, 0.25) is 0 Å². The van der Waals surface area contributed by atoms with Crippen molar-refractivity contribution < 1.29 is 9.53 Å². The van der Waals surface area contributed by atoms with E-state index in [2.05, 4.69) is 4.74 Å². The van der Waals surface area contributed by atoms with Crippen molar-refractivity contribution in [2.24, 2.45) is 5.92 Å². The van der Waals surface area contributed by atoms with Crippen molar-refractivity contribution >= 4 is 5.97 Å². The number of hydrogen-bond donors (Lipinski definition) is 0. The maximum atomic E-state index is 10.7. The lowest BCUT2D eigenvalue weighted by molar-refractivity contribution is -0.136. The van der Waals surface area contributed by atoms with Crippen molar-refractivity contribution in [3.05, 3.63) is 12.2 Å². The van der Waals surface area contributed by atoms with Crippen molar-refractivity contribution in [2.75, 3.05) is 6.61 Å². The molecule has 1 rings (SSSR count). The Morgan fingerprint density at radius 3 is 3.00 bits per heavy atom. The SMILES string of the molecule is N#CCOC(=O)/C=C/C1CC1. The fourth-order valence-corrected chi connectivity index (χ4v) is 0.655. The molecule has 0 unspecified atom stereocenters. The second-order valence-corrected chi connectivity index (χ2v) is 2.46. The highest BCUT2D eigenvalue weighted by Gasteiger charge is 2.17. The van der Waals surface area contributed by atoms with E-state index in [-0.39, 0.29) is 6.61 Å². The Bertz CT molecular complexity index is 211. The molecule has 1 aliphatic carbocycles. The van der Waals surface area contributed by atoms with E-state index in [0.717, 1.165) is 0 Å². The molecule has 0 spiro atoms. The van der Waals surface area contributed by atoms with Crippen LogP contribution in [0.25, 0.3) is 0 Å². The Morgan fingerprint density at radius 1 is 1.73 bits per heavy atom. The Morgan fingerprint density at radius 2 is 2.45 bits per heavy atom. The van der Waals surface area contributed by atoms with Crippen LogP contribution in [0.5, 0.6) is 0 Å². The van der Waals surface area contributed by atoms with E-state index in [1.807, 2.05) is 6.08 Å². The van der Waals surface area contributed by atoms with Gasteiger partial charge in [0, 0.05) is 6.08 Å². The summed E-state index contributed by atoms with van der Waals surface area (Å²) in [6.07, 6.45) is 5.57. The van der Waals surface area contributed by atoms with Gasteiger partial charge in [-0.05, 0) is 18.8 Å². The number of carbonyl (C=O) groups is 1. The topological polar surface area (TPSA) is 50.1 Å². The van der Waals surface area contributed by atoms with E-state index >= 15 is 0 Å². The van der Waals surface area contributed by atoms with Gasteiger partial charge < -0.3 is 4.74 Å². The first-order chi connectivity index (χ1) is 5.33. The summed E-state index contributed by atoms with van der Waals surface area (Å²) in [7, 11) is 0. The molecule has 0 saturated heterocycles. The zero-order valence-electron chi connectivity index (χ0n) is 6.12. The molecule has 0 aromatic heterocycles. The van der Waals surface area contributed by atoms with Crippen LogP contribution < -0.4 is 0 Å². The van der Waals surface area contributed by atoms with E-state index in [9.17, 15) is 4.79 Å². The van der Waals surface area contributed by atoms with Gasteiger partial charge in [-0.25, -0.2) is 4.79 Å². The number of rotatable bonds is 3. The molecular weight excluding hydrogens is 142 g/mol. The standard InChI is InChI=1S/C8H9NO2/c9-5-6-11-8(10)4-3-7-1-2-7/h3-4,7H,1-2,6H2/b4-3+. The predicted molar refractivity (Wildman–Crippen MR) is 38.4 cm³/mol. The summed E-state index contributed by atoms with van der Waals surface area (Å²) in [6.45, 7) is -0.159. The molecule has 1 aliphatic rings. The fourth-order valence-electron chi connectivity index (χ4n) is 0.655. The number of hydrogen-bond acceptors (Lipinski definition) is 3. The number of ether oxygens (including phenoxy) is 1. The lowest BCUT2D eigenvalue weighted by Gasteiger charge is -1.91. The molecule has 0 amide bonds. The molecule has 1 fully saturated rings. The lowest BCUT2D eigenvalue weighted by atomic mass is 10.4. The zero-order valence-corrected chi connectivity index (χ0v) is 6.12. The maximum Gasteiger partial charge on any atom is 0.331 e. The molecule has 0 aliphatic heterocycles. The molecule has 11 heavy (non-hydrogen) atoms. The molecule has 0 aromatic carbocycles. The Balaban J connectivity index is 2.14. The molecule has 0 heterocycles. The highest BCUT2D eigenvalue weighted by molar-refractivity contribution is 5.82. The quantitative estimate of drug-likeness (QED) is 0.447. The van der Waals surface area contributed by atoms with Crippen LogP contribution in [0.15, 0.2) is 12.2 Å². The average molecular weight is 151 g/mol. The molecule has 3 heteroatoms. The van der Waals surface area contributed by atoms with Crippen molar-refractivity contribution in [2.45, 2.75) is 12.8 Å². The number of nitrogens with zero attached hydrogens (tertiary/aromatic N) is 1. The first-order valence-corrected chi connectivity index (χ1v) is 3.55. The van der Waals surface area contributed by atoms with Gasteiger partial charge in [-0.3, -0.25) is 0 Å². The minimum atomic E-state index is -0.418. The van der Waals surface area contributed by atoms with Gasteiger partial charge in [0.05, 0.1) is 0 Å². The Hall–Kier alpha value is -1.30. The van der Waals surface area contributed by atoms with Gasteiger partial charge in [-0.15, -0.1) is 0 Å². The highest BCUT2D eigenvalue weighted by Crippen LogP contribution is 2.29. The van der Waals surface area contributed by atoms with E-state index in [0.29, 0.717) is 5.92 Å². The minimum absolute atomic E-state index is 0.159. The van der Waals surface area contributed by atoms with Crippen LogP contribution in [-0.2, 0) is 9.53 Å². The molecule has 0 aromatic rings. The monoisotopic (exact) mass is 151 g/mol. The van der Waals surface area contributed by atoms with Gasteiger partial charge in [0.15, 0.2) is 6.61 Å².